The fourth-order valence-electron chi connectivity index (χ4n) is 3.22. The first-order valence-corrected chi connectivity index (χ1v) is 9.93. The molecule has 0 spiro atoms. The lowest BCUT2D eigenvalue weighted by molar-refractivity contribution is 0.297. The number of hydrogen-bond donors (Lipinski definition) is 1. The number of nitrogens with one attached hydrogen (secondary N) is 1. The molecule has 0 aliphatic carbocycles. The van der Waals surface area contributed by atoms with Crippen LogP contribution < -0.4 is 10.1 Å². The molecule has 0 saturated heterocycles. The van der Waals surface area contributed by atoms with Crippen molar-refractivity contribution in [2.24, 2.45) is 0 Å². The maximum atomic E-state index is 14.0. The fraction of sp³-hybridized carbons (Fsp3) is 0.0833. The molecule has 0 aliphatic heterocycles. The minimum atomic E-state index is -0.279. The lowest BCUT2D eigenvalue weighted by Gasteiger charge is -2.16. The summed E-state index contributed by atoms with van der Waals surface area (Å²) >= 11 is 12.4. The summed E-state index contributed by atoms with van der Waals surface area (Å²) in [6, 6.07) is 23.9. The van der Waals surface area contributed by atoms with Gasteiger partial charge in [0.2, 0.25) is 0 Å². The highest BCUT2D eigenvalue weighted by molar-refractivity contribution is 6.35. The first-order chi connectivity index (χ1) is 14.1. The molecule has 1 N–H and O–H groups in total. The van der Waals surface area contributed by atoms with Crippen LogP contribution in [0.5, 0.6) is 5.75 Å². The quantitative estimate of drug-likeness (QED) is 0.345. The zero-order valence-corrected chi connectivity index (χ0v) is 17.0. The van der Waals surface area contributed by atoms with E-state index in [0.717, 1.165) is 22.0 Å². The maximum Gasteiger partial charge on any atom is 0.129 e. The van der Waals surface area contributed by atoms with E-state index in [2.05, 4.69) is 5.32 Å². The number of rotatable bonds is 6. The van der Waals surface area contributed by atoms with E-state index < -0.39 is 0 Å². The van der Waals surface area contributed by atoms with E-state index in [1.54, 1.807) is 36.4 Å². The van der Waals surface area contributed by atoms with Gasteiger partial charge in [-0.1, -0.05) is 71.7 Å². The van der Waals surface area contributed by atoms with E-state index in [1.807, 2.05) is 36.4 Å². The predicted molar refractivity (Wildman–Crippen MR) is 118 cm³/mol. The third-order valence-electron chi connectivity index (χ3n) is 4.72. The highest BCUT2D eigenvalue weighted by atomic mass is 35.5. The van der Waals surface area contributed by atoms with Crippen LogP contribution in [-0.2, 0) is 13.2 Å². The maximum absolute atomic E-state index is 14.0. The number of fused-ring (bicyclic) bond motifs is 1. The van der Waals surface area contributed by atoms with E-state index in [1.165, 1.54) is 6.07 Å². The lowest BCUT2D eigenvalue weighted by atomic mass is 10.0. The van der Waals surface area contributed by atoms with E-state index in [-0.39, 0.29) is 12.4 Å². The molecule has 0 radical (unpaired) electrons. The van der Waals surface area contributed by atoms with Gasteiger partial charge < -0.3 is 10.1 Å². The molecule has 0 bridgehead atoms. The smallest absolute Gasteiger partial charge is 0.129 e. The summed E-state index contributed by atoms with van der Waals surface area (Å²) in [5.41, 5.74) is 2.22. The highest BCUT2D eigenvalue weighted by Gasteiger charge is 2.11. The number of ether oxygens (including phenoxy) is 1. The number of halogens is 3. The van der Waals surface area contributed by atoms with Crippen molar-refractivity contribution in [1.82, 2.24) is 0 Å². The average molecular weight is 426 g/mol. The summed E-state index contributed by atoms with van der Waals surface area (Å²) in [7, 11) is 0. The zero-order chi connectivity index (χ0) is 20.2. The molecule has 146 valence electrons. The molecule has 0 aromatic heterocycles. The van der Waals surface area contributed by atoms with Crippen LogP contribution in [0.4, 0.5) is 10.1 Å². The van der Waals surface area contributed by atoms with E-state index in [4.69, 9.17) is 27.9 Å². The average Bonchev–Trinajstić information content (AvgIpc) is 2.74. The molecule has 5 heteroatoms. The second-order valence-corrected chi connectivity index (χ2v) is 7.46. The molecule has 4 rings (SSSR count). The molecular formula is C24H18Cl2FNO. The van der Waals surface area contributed by atoms with Gasteiger partial charge in [-0.05, 0) is 41.1 Å². The number of hydrogen-bond acceptors (Lipinski definition) is 2. The van der Waals surface area contributed by atoms with E-state index in [9.17, 15) is 4.39 Å². The minimum absolute atomic E-state index is 0.149. The molecule has 0 unspecified atom stereocenters. The Labute approximate surface area is 178 Å². The lowest BCUT2D eigenvalue weighted by Crippen LogP contribution is -2.05. The van der Waals surface area contributed by atoms with Crippen LogP contribution in [-0.4, -0.2) is 0 Å². The number of anilines is 1. The fourth-order valence-corrected chi connectivity index (χ4v) is 3.58. The van der Waals surface area contributed by atoms with E-state index in [0.29, 0.717) is 27.9 Å². The second-order valence-electron chi connectivity index (χ2n) is 6.62. The molecular weight excluding hydrogens is 408 g/mol. The summed E-state index contributed by atoms with van der Waals surface area (Å²) in [6.45, 7) is 0.629. The van der Waals surface area contributed by atoms with Gasteiger partial charge >= 0.3 is 0 Å². The highest BCUT2D eigenvalue weighted by Crippen LogP contribution is 2.31. The number of benzene rings is 4. The van der Waals surface area contributed by atoms with Gasteiger partial charge in [-0.25, -0.2) is 4.39 Å². The van der Waals surface area contributed by atoms with Gasteiger partial charge in [0.1, 0.15) is 18.2 Å². The van der Waals surface area contributed by atoms with Gasteiger partial charge in [-0.2, -0.15) is 0 Å². The van der Waals surface area contributed by atoms with Crippen LogP contribution in [0.25, 0.3) is 10.8 Å². The molecule has 2 nitrogen and oxygen atoms in total. The molecule has 0 aliphatic rings. The van der Waals surface area contributed by atoms with Gasteiger partial charge in [0.05, 0.1) is 10.7 Å². The largest absolute Gasteiger partial charge is 0.488 e. The Hall–Kier alpha value is -2.75. The molecule has 0 amide bonds. The summed E-state index contributed by atoms with van der Waals surface area (Å²) in [6.07, 6.45) is 0. The standard InChI is InChI=1S/C24H18Cl2FNO/c25-18-10-11-21(26)23(13-18)28-14-20-19-7-3-1-5-16(19)9-12-24(20)29-15-17-6-2-4-8-22(17)27/h1-13,28H,14-15H2. The normalized spacial score (nSPS) is 10.9. The van der Waals surface area contributed by atoms with Crippen LogP contribution in [0.1, 0.15) is 11.1 Å². The van der Waals surface area contributed by atoms with Crippen molar-refractivity contribution >= 4 is 39.7 Å². The first-order valence-electron chi connectivity index (χ1n) is 9.17. The Morgan fingerprint density at radius 3 is 2.52 bits per heavy atom. The molecule has 0 saturated carbocycles. The molecule has 0 fully saturated rings. The van der Waals surface area contributed by atoms with Gasteiger partial charge in [-0.3, -0.25) is 0 Å². The molecule has 4 aromatic rings. The van der Waals surface area contributed by atoms with Crippen LogP contribution in [0, 0.1) is 5.82 Å². The van der Waals surface area contributed by atoms with Crippen LogP contribution in [0.2, 0.25) is 10.0 Å². The molecule has 0 heterocycles. The zero-order valence-electron chi connectivity index (χ0n) is 15.5. The summed E-state index contributed by atoms with van der Waals surface area (Å²) in [4.78, 5) is 0. The Kier molecular flexibility index (Phi) is 5.89. The van der Waals surface area contributed by atoms with Crippen molar-refractivity contribution in [2.75, 3.05) is 5.32 Å². The van der Waals surface area contributed by atoms with Gasteiger partial charge in [0.15, 0.2) is 0 Å². The Bertz CT molecular complexity index is 1160. The van der Waals surface area contributed by atoms with Crippen molar-refractivity contribution in [1.29, 1.82) is 0 Å². The SMILES string of the molecule is Fc1ccccc1COc1ccc2ccccc2c1CNc1cc(Cl)ccc1Cl. The Morgan fingerprint density at radius 1 is 0.862 bits per heavy atom. The van der Waals surface area contributed by atoms with E-state index >= 15 is 0 Å². The van der Waals surface area contributed by atoms with Crippen molar-refractivity contribution in [3.8, 4) is 5.75 Å². The monoisotopic (exact) mass is 425 g/mol. The van der Waals surface area contributed by atoms with Crippen LogP contribution >= 0.6 is 23.2 Å². The summed E-state index contributed by atoms with van der Waals surface area (Å²) in [5.74, 6) is 0.413. The first kappa shape index (κ1) is 19.6. The van der Waals surface area contributed by atoms with Gasteiger partial charge in [0, 0.05) is 22.7 Å². The second kappa shape index (κ2) is 8.73. The molecule has 0 atom stereocenters. The van der Waals surface area contributed by atoms with Crippen molar-refractivity contribution in [3.63, 3.8) is 0 Å². The van der Waals surface area contributed by atoms with Crippen molar-refractivity contribution < 1.29 is 9.13 Å². The van der Waals surface area contributed by atoms with Gasteiger partial charge in [0.25, 0.3) is 0 Å². The Balaban J connectivity index is 1.65. The third-order valence-corrected chi connectivity index (χ3v) is 5.29. The van der Waals surface area contributed by atoms with Crippen molar-refractivity contribution in [3.05, 3.63) is 106 Å². The Morgan fingerprint density at radius 2 is 1.66 bits per heavy atom. The predicted octanol–water partition coefficient (Wildman–Crippen LogP) is 7.48. The van der Waals surface area contributed by atoms with Gasteiger partial charge in [-0.15, -0.1) is 0 Å². The van der Waals surface area contributed by atoms with Crippen LogP contribution in [0.3, 0.4) is 0 Å². The molecule has 4 aromatic carbocycles. The minimum Gasteiger partial charge on any atom is -0.488 e. The summed E-state index contributed by atoms with van der Waals surface area (Å²) in [5, 5.41) is 6.69. The topological polar surface area (TPSA) is 21.3 Å². The summed E-state index contributed by atoms with van der Waals surface area (Å²) < 4.78 is 20.0. The third kappa shape index (κ3) is 4.47. The van der Waals surface area contributed by atoms with Crippen molar-refractivity contribution in [2.45, 2.75) is 13.2 Å². The molecule has 29 heavy (non-hydrogen) atoms. The van der Waals surface area contributed by atoms with Crippen LogP contribution in [0.15, 0.2) is 78.9 Å².